The van der Waals surface area contributed by atoms with Crippen LogP contribution in [0.4, 0.5) is 5.69 Å². The van der Waals surface area contributed by atoms with Crippen molar-refractivity contribution < 1.29 is 14.3 Å². The van der Waals surface area contributed by atoms with Crippen molar-refractivity contribution in [2.45, 2.75) is 19.8 Å². The van der Waals surface area contributed by atoms with E-state index in [4.69, 9.17) is 27.9 Å². The highest BCUT2D eigenvalue weighted by atomic mass is 35.5. The molecule has 0 bridgehead atoms. The van der Waals surface area contributed by atoms with Crippen LogP contribution in [0.3, 0.4) is 0 Å². The molecule has 120 valence electrons. The molecule has 0 atom stereocenters. The lowest BCUT2D eigenvalue weighted by Gasteiger charge is -2.08. The van der Waals surface area contributed by atoms with Gasteiger partial charge in [0.05, 0.1) is 10.7 Å². The quantitative estimate of drug-likeness (QED) is 0.612. The summed E-state index contributed by atoms with van der Waals surface area (Å²) in [5.74, 6) is -0.225. The van der Waals surface area contributed by atoms with Gasteiger partial charge in [-0.2, -0.15) is 0 Å². The summed E-state index contributed by atoms with van der Waals surface area (Å²) in [6.45, 7) is 1.90. The van der Waals surface area contributed by atoms with Crippen molar-refractivity contribution in [3.8, 4) is 5.75 Å². The third kappa shape index (κ3) is 4.98. The third-order valence-electron chi connectivity index (χ3n) is 2.98. The van der Waals surface area contributed by atoms with E-state index in [2.05, 4.69) is 5.32 Å². The standard InChI is InChI=1S/C17H15Cl2NO3/c1-2-3-16(21)23-13-7-4-11(5-8-13)17(22)20-15-10-12(18)6-9-14(15)19/h4-10H,2-3H2,1H3,(H,20,22). The van der Waals surface area contributed by atoms with Gasteiger partial charge >= 0.3 is 5.97 Å². The van der Waals surface area contributed by atoms with Crippen molar-refractivity contribution in [2.24, 2.45) is 0 Å². The van der Waals surface area contributed by atoms with Crippen molar-refractivity contribution in [1.29, 1.82) is 0 Å². The minimum Gasteiger partial charge on any atom is -0.427 e. The predicted octanol–water partition coefficient (Wildman–Crippen LogP) is 4.95. The van der Waals surface area contributed by atoms with Gasteiger partial charge in [-0.1, -0.05) is 30.1 Å². The first-order valence-electron chi connectivity index (χ1n) is 7.06. The maximum Gasteiger partial charge on any atom is 0.311 e. The minimum absolute atomic E-state index is 0.296. The molecule has 0 heterocycles. The van der Waals surface area contributed by atoms with E-state index in [1.807, 2.05) is 6.92 Å². The van der Waals surface area contributed by atoms with Crippen LogP contribution in [0, 0.1) is 0 Å². The predicted molar refractivity (Wildman–Crippen MR) is 91.4 cm³/mol. The SMILES string of the molecule is CCCC(=O)Oc1ccc(C(=O)Nc2cc(Cl)ccc2Cl)cc1. The van der Waals surface area contributed by atoms with E-state index < -0.39 is 0 Å². The van der Waals surface area contributed by atoms with Crippen LogP contribution in [0.25, 0.3) is 0 Å². The molecule has 0 aliphatic rings. The van der Waals surface area contributed by atoms with E-state index in [-0.39, 0.29) is 11.9 Å². The summed E-state index contributed by atoms with van der Waals surface area (Å²) in [6.07, 6.45) is 1.08. The van der Waals surface area contributed by atoms with Crippen molar-refractivity contribution in [2.75, 3.05) is 5.32 Å². The minimum atomic E-state index is -0.333. The van der Waals surface area contributed by atoms with E-state index in [1.165, 1.54) is 0 Å². The Morgan fingerprint density at radius 3 is 2.43 bits per heavy atom. The average Bonchev–Trinajstić information content (AvgIpc) is 2.52. The Hall–Kier alpha value is -2.04. The van der Waals surface area contributed by atoms with Crippen molar-refractivity contribution >= 4 is 40.8 Å². The highest BCUT2D eigenvalue weighted by Crippen LogP contribution is 2.26. The van der Waals surface area contributed by atoms with E-state index in [1.54, 1.807) is 42.5 Å². The van der Waals surface area contributed by atoms with Crippen LogP contribution < -0.4 is 10.1 Å². The van der Waals surface area contributed by atoms with Crippen LogP contribution in [0.5, 0.6) is 5.75 Å². The molecule has 0 unspecified atom stereocenters. The zero-order valence-corrected chi connectivity index (χ0v) is 13.9. The number of anilines is 1. The summed E-state index contributed by atoms with van der Waals surface area (Å²) in [5.41, 5.74) is 0.846. The summed E-state index contributed by atoms with van der Waals surface area (Å²) in [4.78, 5) is 23.6. The highest BCUT2D eigenvalue weighted by Gasteiger charge is 2.10. The summed E-state index contributed by atoms with van der Waals surface area (Å²) in [7, 11) is 0. The Morgan fingerprint density at radius 2 is 1.78 bits per heavy atom. The summed E-state index contributed by atoms with van der Waals surface area (Å²) in [5, 5.41) is 3.56. The monoisotopic (exact) mass is 351 g/mol. The molecule has 0 radical (unpaired) electrons. The van der Waals surface area contributed by atoms with Crippen LogP contribution in [-0.2, 0) is 4.79 Å². The van der Waals surface area contributed by atoms with Crippen LogP contribution in [0.15, 0.2) is 42.5 Å². The molecule has 1 N–H and O–H groups in total. The molecular formula is C17H15Cl2NO3. The van der Waals surface area contributed by atoms with Gasteiger partial charge in [-0.25, -0.2) is 0 Å². The Bertz CT molecular complexity index is 714. The molecule has 2 aromatic carbocycles. The molecule has 23 heavy (non-hydrogen) atoms. The number of nitrogens with one attached hydrogen (secondary N) is 1. The van der Waals surface area contributed by atoms with Crippen LogP contribution in [-0.4, -0.2) is 11.9 Å². The van der Waals surface area contributed by atoms with E-state index in [0.29, 0.717) is 33.5 Å². The number of carbonyl (C=O) groups excluding carboxylic acids is 2. The molecule has 4 nitrogen and oxygen atoms in total. The highest BCUT2D eigenvalue weighted by molar-refractivity contribution is 6.35. The van der Waals surface area contributed by atoms with Crippen molar-refractivity contribution in [3.63, 3.8) is 0 Å². The molecule has 1 amide bonds. The fourth-order valence-electron chi connectivity index (χ4n) is 1.85. The number of hydrogen-bond donors (Lipinski definition) is 1. The summed E-state index contributed by atoms with van der Waals surface area (Å²) >= 11 is 11.9. The Balaban J connectivity index is 2.05. The van der Waals surface area contributed by atoms with Gasteiger partial charge < -0.3 is 10.1 Å². The molecule has 0 aliphatic heterocycles. The lowest BCUT2D eigenvalue weighted by molar-refractivity contribution is -0.134. The zero-order chi connectivity index (χ0) is 16.8. The molecule has 0 fully saturated rings. The summed E-state index contributed by atoms with van der Waals surface area (Å²) in [6, 6.07) is 11.1. The second kappa shape index (κ2) is 7.99. The van der Waals surface area contributed by atoms with Gasteiger partial charge in [0.25, 0.3) is 5.91 Å². The van der Waals surface area contributed by atoms with Crippen molar-refractivity contribution in [1.82, 2.24) is 0 Å². The number of ether oxygens (including phenoxy) is 1. The smallest absolute Gasteiger partial charge is 0.311 e. The lowest BCUT2D eigenvalue weighted by atomic mass is 10.2. The van der Waals surface area contributed by atoms with Gasteiger partial charge in [-0.3, -0.25) is 9.59 Å². The molecule has 6 heteroatoms. The molecule has 2 aromatic rings. The number of hydrogen-bond acceptors (Lipinski definition) is 3. The first-order valence-corrected chi connectivity index (χ1v) is 7.82. The number of carbonyl (C=O) groups is 2. The van der Waals surface area contributed by atoms with Gasteiger partial charge in [-0.05, 0) is 48.9 Å². The van der Waals surface area contributed by atoms with Crippen LogP contribution >= 0.6 is 23.2 Å². The number of benzene rings is 2. The Labute approximate surface area is 144 Å². The first kappa shape index (κ1) is 17.3. The normalized spacial score (nSPS) is 10.2. The fourth-order valence-corrected chi connectivity index (χ4v) is 2.19. The fraction of sp³-hybridized carbons (Fsp3) is 0.176. The van der Waals surface area contributed by atoms with Crippen molar-refractivity contribution in [3.05, 3.63) is 58.1 Å². The average molecular weight is 352 g/mol. The van der Waals surface area contributed by atoms with E-state index >= 15 is 0 Å². The molecule has 0 aromatic heterocycles. The Morgan fingerprint density at radius 1 is 1.09 bits per heavy atom. The van der Waals surface area contributed by atoms with Gasteiger partial charge in [0, 0.05) is 17.0 Å². The van der Waals surface area contributed by atoms with Gasteiger partial charge in [0.15, 0.2) is 0 Å². The number of rotatable bonds is 5. The van der Waals surface area contributed by atoms with Crippen LogP contribution in [0.1, 0.15) is 30.1 Å². The second-order valence-electron chi connectivity index (χ2n) is 4.83. The largest absolute Gasteiger partial charge is 0.427 e. The zero-order valence-electron chi connectivity index (χ0n) is 12.4. The van der Waals surface area contributed by atoms with Crippen LogP contribution in [0.2, 0.25) is 10.0 Å². The van der Waals surface area contributed by atoms with Gasteiger partial charge in [-0.15, -0.1) is 0 Å². The molecule has 0 aliphatic carbocycles. The topological polar surface area (TPSA) is 55.4 Å². The molecule has 0 saturated heterocycles. The maximum atomic E-state index is 12.2. The van der Waals surface area contributed by atoms with E-state index in [0.717, 1.165) is 6.42 Å². The molecule has 2 rings (SSSR count). The lowest BCUT2D eigenvalue weighted by Crippen LogP contribution is -2.12. The third-order valence-corrected chi connectivity index (χ3v) is 3.54. The number of esters is 1. The first-order chi connectivity index (χ1) is 11.0. The van der Waals surface area contributed by atoms with E-state index in [9.17, 15) is 9.59 Å². The Kier molecular flexibility index (Phi) is 6.02. The molecular weight excluding hydrogens is 337 g/mol. The number of amides is 1. The number of halogens is 2. The van der Waals surface area contributed by atoms with Gasteiger partial charge in [0.1, 0.15) is 5.75 Å². The second-order valence-corrected chi connectivity index (χ2v) is 5.67. The molecule has 0 spiro atoms. The van der Waals surface area contributed by atoms with Gasteiger partial charge in [0.2, 0.25) is 0 Å². The maximum absolute atomic E-state index is 12.2. The summed E-state index contributed by atoms with van der Waals surface area (Å²) < 4.78 is 5.13. The molecule has 0 saturated carbocycles.